The van der Waals surface area contributed by atoms with Gasteiger partial charge in [-0.05, 0) is 32.3 Å². The summed E-state index contributed by atoms with van der Waals surface area (Å²) in [6.07, 6.45) is 7.10. The molecule has 1 aromatic rings. The van der Waals surface area contributed by atoms with Gasteiger partial charge in [0.05, 0.1) is 6.67 Å². The van der Waals surface area contributed by atoms with E-state index >= 15 is 0 Å². The highest BCUT2D eigenvalue weighted by Crippen LogP contribution is 2.32. The number of nitrogens with one attached hydrogen (secondary N) is 1. The number of carbonyl (C=O) groups excluding carboxylic acids is 2. The van der Waals surface area contributed by atoms with Crippen LogP contribution in [-0.4, -0.2) is 40.0 Å². The number of imide groups is 1. The second-order valence-corrected chi connectivity index (χ2v) is 7.98. The molecule has 2 fully saturated rings. The Labute approximate surface area is 156 Å². The molecule has 142 valence electrons. The fourth-order valence-electron chi connectivity index (χ4n) is 4.05. The van der Waals surface area contributed by atoms with E-state index in [-0.39, 0.29) is 18.0 Å². The summed E-state index contributed by atoms with van der Waals surface area (Å²) < 4.78 is 0. The van der Waals surface area contributed by atoms with E-state index in [1.54, 1.807) is 0 Å². The molecule has 1 heterocycles. The van der Waals surface area contributed by atoms with Gasteiger partial charge in [0.2, 0.25) is 0 Å². The van der Waals surface area contributed by atoms with Crippen LogP contribution in [0.5, 0.6) is 0 Å². The first-order valence-electron chi connectivity index (χ1n) is 9.94. The maximum Gasteiger partial charge on any atom is 0.326 e. The molecule has 0 unspecified atom stereocenters. The highest BCUT2D eigenvalue weighted by Gasteiger charge is 2.50. The fraction of sp³-hybridized carbons (Fsp3) is 0.619. The molecule has 5 heteroatoms. The van der Waals surface area contributed by atoms with Gasteiger partial charge in [-0.25, -0.2) is 9.69 Å². The summed E-state index contributed by atoms with van der Waals surface area (Å²) >= 11 is 0. The lowest BCUT2D eigenvalue weighted by molar-refractivity contribution is -0.133. The van der Waals surface area contributed by atoms with Gasteiger partial charge >= 0.3 is 6.03 Å². The fourth-order valence-corrected chi connectivity index (χ4v) is 4.05. The van der Waals surface area contributed by atoms with Crippen LogP contribution in [0.4, 0.5) is 4.79 Å². The summed E-state index contributed by atoms with van der Waals surface area (Å²) in [6.45, 7) is 5.28. The summed E-state index contributed by atoms with van der Waals surface area (Å²) in [7, 11) is 0. The molecule has 0 bridgehead atoms. The van der Waals surface area contributed by atoms with Crippen LogP contribution in [0.25, 0.3) is 0 Å². The third kappa shape index (κ3) is 4.09. The van der Waals surface area contributed by atoms with Crippen molar-refractivity contribution >= 4 is 11.9 Å². The maximum absolute atomic E-state index is 13.2. The number of hydrogen-bond donors (Lipinski definition) is 1. The van der Waals surface area contributed by atoms with Crippen molar-refractivity contribution in [1.29, 1.82) is 0 Å². The van der Waals surface area contributed by atoms with E-state index in [1.165, 1.54) is 16.9 Å². The van der Waals surface area contributed by atoms with Crippen molar-refractivity contribution in [3.05, 3.63) is 35.9 Å². The smallest absolute Gasteiger partial charge is 0.323 e. The van der Waals surface area contributed by atoms with Crippen LogP contribution in [0.15, 0.2) is 30.3 Å². The third-order valence-corrected chi connectivity index (χ3v) is 5.73. The van der Waals surface area contributed by atoms with E-state index in [0.717, 1.165) is 45.1 Å². The van der Waals surface area contributed by atoms with E-state index in [4.69, 9.17) is 0 Å². The Bertz CT molecular complexity index is 621. The highest BCUT2D eigenvalue weighted by atomic mass is 16.2. The number of nitrogens with zero attached hydrogens (tertiary/aromatic N) is 2. The molecular weight excluding hydrogens is 326 g/mol. The quantitative estimate of drug-likeness (QED) is 0.814. The molecule has 1 saturated heterocycles. The van der Waals surface area contributed by atoms with Crippen LogP contribution in [0.1, 0.15) is 64.4 Å². The maximum atomic E-state index is 13.2. The Morgan fingerprint density at radius 1 is 1.04 bits per heavy atom. The molecule has 0 radical (unpaired) electrons. The van der Waals surface area contributed by atoms with E-state index in [2.05, 4.69) is 36.2 Å². The molecule has 0 aromatic heterocycles. The van der Waals surface area contributed by atoms with Crippen molar-refractivity contribution in [1.82, 2.24) is 15.1 Å². The largest absolute Gasteiger partial charge is 0.326 e. The predicted octanol–water partition coefficient (Wildman–Crippen LogP) is 3.89. The van der Waals surface area contributed by atoms with Crippen molar-refractivity contribution in [2.75, 3.05) is 6.67 Å². The minimum atomic E-state index is -0.660. The first-order chi connectivity index (χ1) is 12.5. The summed E-state index contributed by atoms with van der Waals surface area (Å²) in [5.74, 6) is -0.0249. The summed E-state index contributed by atoms with van der Waals surface area (Å²) in [6, 6.07) is 10.2. The number of rotatable bonds is 5. The number of amides is 3. The van der Waals surface area contributed by atoms with Crippen molar-refractivity contribution in [2.24, 2.45) is 0 Å². The van der Waals surface area contributed by atoms with Gasteiger partial charge in [-0.1, -0.05) is 62.4 Å². The van der Waals surface area contributed by atoms with E-state index in [0.29, 0.717) is 6.67 Å². The lowest BCUT2D eigenvalue weighted by atomic mass is 9.84. The Kier molecular flexibility index (Phi) is 5.97. The molecule has 1 aromatic carbocycles. The zero-order valence-corrected chi connectivity index (χ0v) is 16.0. The number of urea groups is 1. The summed E-state index contributed by atoms with van der Waals surface area (Å²) in [5.41, 5.74) is 0.529. The lowest BCUT2D eigenvalue weighted by Gasteiger charge is -2.31. The molecule has 3 rings (SSSR count). The van der Waals surface area contributed by atoms with Gasteiger partial charge in [0, 0.05) is 12.6 Å². The molecule has 26 heavy (non-hydrogen) atoms. The Morgan fingerprint density at radius 2 is 1.65 bits per heavy atom. The normalized spacial score (nSPS) is 20.5. The minimum absolute atomic E-state index is 0.0249. The van der Waals surface area contributed by atoms with Gasteiger partial charge < -0.3 is 5.32 Å². The van der Waals surface area contributed by atoms with Gasteiger partial charge in [0.1, 0.15) is 5.54 Å². The molecule has 5 nitrogen and oxygen atoms in total. The standard InChI is InChI=1S/C21H31N3O2/c1-17(2)23(15-18-11-7-6-8-12-18)16-24-19(25)21(22-20(24)26)13-9-4-3-5-10-14-21/h6-8,11-12,17H,3-5,9-10,13-16H2,1-2H3,(H,22,26). The molecular formula is C21H31N3O2. The molecule has 1 spiro atoms. The van der Waals surface area contributed by atoms with Crippen LogP contribution < -0.4 is 5.32 Å². The monoisotopic (exact) mass is 357 g/mol. The zero-order valence-electron chi connectivity index (χ0n) is 16.0. The van der Waals surface area contributed by atoms with Gasteiger partial charge in [-0.3, -0.25) is 9.69 Å². The van der Waals surface area contributed by atoms with Crippen molar-refractivity contribution in [3.63, 3.8) is 0 Å². The number of hydrogen-bond acceptors (Lipinski definition) is 3. The van der Waals surface area contributed by atoms with E-state index in [9.17, 15) is 9.59 Å². The molecule has 3 amide bonds. The van der Waals surface area contributed by atoms with Crippen LogP contribution in [0, 0.1) is 0 Å². The van der Waals surface area contributed by atoms with Crippen molar-refractivity contribution in [2.45, 2.75) is 76.9 Å². The molecule has 2 aliphatic rings. The van der Waals surface area contributed by atoms with Gasteiger partial charge in [0.15, 0.2) is 0 Å². The average Bonchev–Trinajstić information content (AvgIpc) is 2.83. The van der Waals surface area contributed by atoms with Gasteiger partial charge in [-0.15, -0.1) is 0 Å². The van der Waals surface area contributed by atoms with Crippen LogP contribution in [0.3, 0.4) is 0 Å². The molecule has 0 atom stereocenters. The van der Waals surface area contributed by atoms with E-state index < -0.39 is 5.54 Å². The minimum Gasteiger partial charge on any atom is -0.323 e. The Hall–Kier alpha value is -1.88. The molecule has 1 aliphatic carbocycles. The summed E-state index contributed by atoms with van der Waals surface area (Å²) in [4.78, 5) is 29.4. The Morgan fingerprint density at radius 3 is 2.27 bits per heavy atom. The molecule has 1 N–H and O–H groups in total. The van der Waals surface area contributed by atoms with E-state index in [1.807, 2.05) is 18.2 Å². The van der Waals surface area contributed by atoms with Crippen LogP contribution >= 0.6 is 0 Å². The van der Waals surface area contributed by atoms with Gasteiger partial charge in [0.25, 0.3) is 5.91 Å². The predicted molar refractivity (Wildman–Crippen MR) is 102 cm³/mol. The topological polar surface area (TPSA) is 52.6 Å². The third-order valence-electron chi connectivity index (χ3n) is 5.73. The summed E-state index contributed by atoms with van der Waals surface area (Å²) in [5, 5.41) is 3.06. The lowest BCUT2D eigenvalue weighted by Crippen LogP contribution is -2.48. The highest BCUT2D eigenvalue weighted by molar-refractivity contribution is 6.07. The molecule has 1 saturated carbocycles. The second kappa shape index (κ2) is 8.21. The van der Waals surface area contributed by atoms with Crippen LogP contribution in [-0.2, 0) is 11.3 Å². The van der Waals surface area contributed by atoms with Crippen LogP contribution in [0.2, 0.25) is 0 Å². The second-order valence-electron chi connectivity index (χ2n) is 7.98. The van der Waals surface area contributed by atoms with Crippen molar-refractivity contribution < 1.29 is 9.59 Å². The number of benzene rings is 1. The molecule has 1 aliphatic heterocycles. The van der Waals surface area contributed by atoms with Crippen molar-refractivity contribution in [3.8, 4) is 0 Å². The average molecular weight is 357 g/mol. The zero-order chi connectivity index (χ0) is 18.6. The number of carbonyl (C=O) groups is 2. The Balaban J connectivity index is 1.72. The van der Waals surface area contributed by atoms with Gasteiger partial charge in [-0.2, -0.15) is 0 Å². The first kappa shape index (κ1) is 18.9. The first-order valence-corrected chi connectivity index (χ1v) is 9.94. The SMILES string of the molecule is CC(C)N(Cc1ccccc1)CN1C(=O)NC2(CCCCCCC2)C1=O.